The normalized spacial score (nSPS) is 11.8. The van der Waals surface area contributed by atoms with Crippen molar-refractivity contribution in [2.24, 2.45) is 0 Å². The average molecular weight is 354 g/mol. The molecule has 128 valence electrons. The number of benzene rings is 2. The smallest absolute Gasteiger partial charge is 0.253 e. The molecule has 0 heterocycles. The summed E-state index contributed by atoms with van der Waals surface area (Å²) in [5.41, 5.74) is 0.970. The Labute approximate surface area is 143 Å². The number of rotatable bonds is 6. The van der Waals surface area contributed by atoms with Gasteiger partial charge in [-0.15, -0.1) is 0 Å². The number of aromatic hydroxyl groups is 1. The standard InChI is InChI=1S/C17H17ClFNO4/c1-24-15-8-10(2-5-14(15)21)6-7-20-17(23)16(22)11-3-4-12(18)13(19)9-11/h2-5,8-9,16,21-22H,6-7H2,1H3,(H,20,23)/t16-/m0/s1. The zero-order valence-corrected chi connectivity index (χ0v) is 13.7. The van der Waals surface area contributed by atoms with Crippen LogP contribution in [0, 0.1) is 5.82 Å². The van der Waals surface area contributed by atoms with Crippen molar-refractivity contribution in [1.82, 2.24) is 5.32 Å². The average Bonchev–Trinajstić information content (AvgIpc) is 2.58. The third kappa shape index (κ3) is 4.37. The highest BCUT2D eigenvalue weighted by atomic mass is 35.5. The van der Waals surface area contributed by atoms with Crippen molar-refractivity contribution in [2.45, 2.75) is 12.5 Å². The second-order valence-electron chi connectivity index (χ2n) is 5.12. The Morgan fingerprint density at radius 3 is 2.75 bits per heavy atom. The molecule has 3 N–H and O–H groups in total. The molecular weight excluding hydrogens is 337 g/mol. The minimum Gasteiger partial charge on any atom is -0.504 e. The van der Waals surface area contributed by atoms with Crippen LogP contribution in [0.5, 0.6) is 11.5 Å². The van der Waals surface area contributed by atoms with Gasteiger partial charge < -0.3 is 20.3 Å². The summed E-state index contributed by atoms with van der Waals surface area (Å²) in [4.78, 5) is 11.9. The lowest BCUT2D eigenvalue weighted by Gasteiger charge is -2.12. The van der Waals surface area contributed by atoms with Crippen molar-refractivity contribution >= 4 is 17.5 Å². The van der Waals surface area contributed by atoms with E-state index in [9.17, 15) is 19.4 Å². The van der Waals surface area contributed by atoms with Crippen molar-refractivity contribution < 1.29 is 24.1 Å². The van der Waals surface area contributed by atoms with Crippen molar-refractivity contribution in [3.8, 4) is 11.5 Å². The van der Waals surface area contributed by atoms with E-state index in [1.165, 1.54) is 25.3 Å². The van der Waals surface area contributed by atoms with Gasteiger partial charge in [-0.05, 0) is 41.8 Å². The summed E-state index contributed by atoms with van der Waals surface area (Å²) in [5, 5.41) is 22.0. The van der Waals surface area contributed by atoms with Crippen LogP contribution < -0.4 is 10.1 Å². The number of methoxy groups -OCH3 is 1. The quantitative estimate of drug-likeness (QED) is 0.746. The van der Waals surface area contributed by atoms with Crippen LogP contribution in [0.25, 0.3) is 0 Å². The number of amides is 1. The van der Waals surface area contributed by atoms with E-state index in [0.717, 1.165) is 11.6 Å². The molecule has 2 rings (SSSR count). The fourth-order valence-corrected chi connectivity index (χ4v) is 2.26. The van der Waals surface area contributed by atoms with Crippen LogP contribution in [0.3, 0.4) is 0 Å². The fourth-order valence-electron chi connectivity index (χ4n) is 2.14. The van der Waals surface area contributed by atoms with Crippen LogP contribution in [0.15, 0.2) is 36.4 Å². The van der Waals surface area contributed by atoms with Gasteiger partial charge in [0, 0.05) is 6.54 Å². The Kier molecular flexibility index (Phi) is 6.00. The van der Waals surface area contributed by atoms with Crippen molar-refractivity contribution in [1.29, 1.82) is 0 Å². The summed E-state index contributed by atoms with van der Waals surface area (Å²) >= 11 is 5.57. The van der Waals surface area contributed by atoms with E-state index in [2.05, 4.69) is 5.32 Å². The van der Waals surface area contributed by atoms with Gasteiger partial charge in [0.15, 0.2) is 17.6 Å². The zero-order valence-electron chi connectivity index (χ0n) is 12.9. The highest BCUT2D eigenvalue weighted by Crippen LogP contribution is 2.26. The van der Waals surface area contributed by atoms with E-state index in [-0.39, 0.29) is 22.9 Å². The van der Waals surface area contributed by atoms with E-state index in [1.54, 1.807) is 12.1 Å². The lowest BCUT2D eigenvalue weighted by molar-refractivity contribution is -0.129. The lowest BCUT2D eigenvalue weighted by atomic mass is 10.1. The molecule has 0 aliphatic carbocycles. The second kappa shape index (κ2) is 7.99. The molecule has 0 fully saturated rings. The molecule has 0 radical (unpaired) electrons. The zero-order chi connectivity index (χ0) is 17.7. The first kappa shape index (κ1) is 18.0. The maximum atomic E-state index is 13.4. The first-order valence-electron chi connectivity index (χ1n) is 7.19. The maximum Gasteiger partial charge on any atom is 0.253 e. The van der Waals surface area contributed by atoms with Crippen LogP contribution in [-0.4, -0.2) is 29.8 Å². The van der Waals surface area contributed by atoms with E-state index < -0.39 is 17.8 Å². The van der Waals surface area contributed by atoms with Crippen LogP contribution in [0.2, 0.25) is 5.02 Å². The van der Waals surface area contributed by atoms with Gasteiger partial charge in [0.05, 0.1) is 12.1 Å². The minimum absolute atomic E-state index is 0.0328. The minimum atomic E-state index is -1.48. The number of aliphatic hydroxyl groups excluding tert-OH is 1. The molecular formula is C17H17ClFNO4. The molecule has 0 aliphatic rings. The number of phenols is 1. The monoisotopic (exact) mass is 353 g/mol. The number of hydrogen-bond acceptors (Lipinski definition) is 4. The Morgan fingerprint density at radius 1 is 1.33 bits per heavy atom. The summed E-state index contributed by atoms with van der Waals surface area (Å²) in [6.07, 6.45) is -1.00. The van der Waals surface area contributed by atoms with Crippen molar-refractivity contribution in [3.63, 3.8) is 0 Å². The summed E-state index contributed by atoms with van der Waals surface area (Å²) < 4.78 is 18.4. The summed E-state index contributed by atoms with van der Waals surface area (Å²) in [7, 11) is 1.45. The van der Waals surface area contributed by atoms with Gasteiger partial charge in [0.2, 0.25) is 0 Å². The Hall–Kier alpha value is -2.31. The summed E-state index contributed by atoms with van der Waals surface area (Å²) in [5.74, 6) is -0.958. The topological polar surface area (TPSA) is 78.8 Å². The van der Waals surface area contributed by atoms with Crippen LogP contribution >= 0.6 is 11.6 Å². The van der Waals surface area contributed by atoms with Gasteiger partial charge in [0.1, 0.15) is 5.82 Å². The van der Waals surface area contributed by atoms with Gasteiger partial charge >= 0.3 is 0 Å². The van der Waals surface area contributed by atoms with Gasteiger partial charge in [-0.2, -0.15) is 0 Å². The Bertz CT molecular complexity index is 739. The molecule has 0 saturated heterocycles. The van der Waals surface area contributed by atoms with E-state index >= 15 is 0 Å². The molecule has 0 aromatic heterocycles. The van der Waals surface area contributed by atoms with Crippen LogP contribution in [0.1, 0.15) is 17.2 Å². The molecule has 2 aromatic rings. The van der Waals surface area contributed by atoms with Gasteiger partial charge in [-0.1, -0.05) is 23.7 Å². The lowest BCUT2D eigenvalue weighted by Crippen LogP contribution is -2.31. The molecule has 0 saturated carbocycles. The van der Waals surface area contributed by atoms with Gasteiger partial charge in [-0.3, -0.25) is 4.79 Å². The molecule has 7 heteroatoms. The molecule has 24 heavy (non-hydrogen) atoms. The molecule has 0 bridgehead atoms. The van der Waals surface area contributed by atoms with Crippen LogP contribution in [-0.2, 0) is 11.2 Å². The summed E-state index contributed by atoms with van der Waals surface area (Å²) in [6, 6.07) is 8.56. The highest BCUT2D eigenvalue weighted by molar-refractivity contribution is 6.30. The third-order valence-corrected chi connectivity index (χ3v) is 3.77. The molecule has 0 aliphatic heterocycles. The summed E-state index contributed by atoms with van der Waals surface area (Å²) in [6.45, 7) is 0.264. The molecule has 1 amide bonds. The van der Waals surface area contributed by atoms with Gasteiger partial charge in [-0.25, -0.2) is 4.39 Å². The van der Waals surface area contributed by atoms with Crippen molar-refractivity contribution in [3.05, 3.63) is 58.4 Å². The largest absolute Gasteiger partial charge is 0.504 e. The molecule has 1 atom stereocenters. The fraction of sp³-hybridized carbons (Fsp3) is 0.235. The predicted octanol–water partition coefficient (Wildman–Crippen LogP) is 2.59. The molecule has 5 nitrogen and oxygen atoms in total. The number of carbonyl (C=O) groups excluding carboxylic acids is 1. The SMILES string of the molecule is COc1cc(CCNC(=O)[C@@H](O)c2ccc(Cl)c(F)c2)ccc1O. The predicted molar refractivity (Wildman–Crippen MR) is 87.7 cm³/mol. The van der Waals surface area contributed by atoms with E-state index in [0.29, 0.717) is 12.2 Å². The second-order valence-corrected chi connectivity index (χ2v) is 5.53. The third-order valence-electron chi connectivity index (χ3n) is 3.46. The number of hydrogen-bond donors (Lipinski definition) is 3. The molecule has 0 unspecified atom stereocenters. The number of carbonyl (C=O) groups is 1. The van der Waals surface area contributed by atoms with Gasteiger partial charge in [0.25, 0.3) is 5.91 Å². The number of halogens is 2. The molecule has 2 aromatic carbocycles. The maximum absolute atomic E-state index is 13.4. The highest BCUT2D eigenvalue weighted by Gasteiger charge is 2.18. The Morgan fingerprint density at radius 2 is 2.08 bits per heavy atom. The first-order valence-corrected chi connectivity index (χ1v) is 7.56. The van der Waals surface area contributed by atoms with E-state index in [1.807, 2.05) is 0 Å². The number of ether oxygens (including phenoxy) is 1. The number of nitrogens with one attached hydrogen (secondary N) is 1. The van der Waals surface area contributed by atoms with E-state index in [4.69, 9.17) is 16.3 Å². The first-order chi connectivity index (χ1) is 11.4. The van der Waals surface area contributed by atoms with Crippen LogP contribution in [0.4, 0.5) is 4.39 Å². The Balaban J connectivity index is 1.91. The van der Waals surface area contributed by atoms with Crippen molar-refractivity contribution in [2.75, 3.05) is 13.7 Å². The number of phenolic OH excluding ortho intramolecular Hbond substituents is 1. The molecule has 0 spiro atoms. The number of aliphatic hydroxyl groups is 1.